The van der Waals surface area contributed by atoms with Crippen molar-refractivity contribution >= 4 is 33.1 Å². The summed E-state index contributed by atoms with van der Waals surface area (Å²) in [6, 6.07) is 14.3. The van der Waals surface area contributed by atoms with Crippen molar-refractivity contribution in [3.63, 3.8) is 0 Å². The molecule has 2 aromatic carbocycles. The van der Waals surface area contributed by atoms with E-state index in [9.17, 15) is 5.11 Å². The number of β-amino-alcohol motifs (C(OH)–C–C–N with tert-alkyl or cyclic N) is 1. The SMILES string of the molecule is OC(COc1cccc2[nH]c3ccccc3c12)CN1CCN(Cc2nccs2)CC1. The molecule has 2 aromatic heterocycles. The van der Waals surface area contributed by atoms with Crippen LogP contribution in [0.15, 0.2) is 54.0 Å². The Kier molecular flexibility index (Phi) is 5.68. The summed E-state index contributed by atoms with van der Waals surface area (Å²) in [6.45, 7) is 5.77. The van der Waals surface area contributed by atoms with Gasteiger partial charge in [-0.1, -0.05) is 24.3 Å². The monoisotopic (exact) mass is 422 g/mol. The first-order chi connectivity index (χ1) is 14.8. The number of nitrogens with one attached hydrogen (secondary N) is 1. The Hall–Kier alpha value is -2.45. The van der Waals surface area contributed by atoms with Crippen LogP contribution in [0.3, 0.4) is 0 Å². The standard InChI is InChI=1S/C23H26N4O2S/c28-17(14-26-9-11-27(12-10-26)15-22-24-8-13-30-22)16-29-21-7-3-6-20-23(21)18-4-1-2-5-19(18)25-20/h1-8,13,17,25,28H,9-12,14-16H2. The van der Waals surface area contributed by atoms with Gasteiger partial charge in [0.05, 0.1) is 12.1 Å². The Morgan fingerprint density at radius 1 is 1.03 bits per heavy atom. The molecule has 1 aliphatic rings. The van der Waals surface area contributed by atoms with Crippen molar-refractivity contribution in [2.45, 2.75) is 12.6 Å². The number of hydrogen-bond donors (Lipinski definition) is 2. The predicted molar refractivity (Wildman–Crippen MR) is 121 cm³/mol. The molecule has 0 aliphatic carbocycles. The third kappa shape index (κ3) is 4.20. The number of piperazine rings is 1. The van der Waals surface area contributed by atoms with Gasteiger partial charge in [0.2, 0.25) is 0 Å². The average molecular weight is 423 g/mol. The van der Waals surface area contributed by atoms with Gasteiger partial charge in [-0.05, 0) is 18.2 Å². The second kappa shape index (κ2) is 8.73. The van der Waals surface area contributed by atoms with E-state index in [1.807, 2.05) is 35.8 Å². The molecule has 0 saturated carbocycles. The molecule has 3 heterocycles. The van der Waals surface area contributed by atoms with E-state index >= 15 is 0 Å². The van der Waals surface area contributed by atoms with Crippen LogP contribution in [-0.4, -0.2) is 70.3 Å². The second-order valence-electron chi connectivity index (χ2n) is 7.82. The number of fused-ring (bicyclic) bond motifs is 3. The average Bonchev–Trinajstić information content (AvgIpc) is 3.41. The lowest BCUT2D eigenvalue weighted by Crippen LogP contribution is -2.48. The molecule has 2 N–H and O–H groups in total. The second-order valence-corrected chi connectivity index (χ2v) is 8.80. The summed E-state index contributed by atoms with van der Waals surface area (Å²) in [5.41, 5.74) is 2.15. The third-order valence-electron chi connectivity index (χ3n) is 5.70. The minimum Gasteiger partial charge on any atom is -0.490 e. The zero-order valence-electron chi connectivity index (χ0n) is 16.8. The molecule has 1 saturated heterocycles. The number of para-hydroxylation sites is 1. The highest BCUT2D eigenvalue weighted by atomic mass is 32.1. The zero-order chi connectivity index (χ0) is 20.3. The smallest absolute Gasteiger partial charge is 0.129 e. The van der Waals surface area contributed by atoms with Gasteiger partial charge in [0, 0.05) is 60.6 Å². The van der Waals surface area contributed by atoms with Crippen LogP contribution in [0.25, 0.3) is 21.8 Å². The summed E-state index contributed by atoms with van der Waals surface area (Å²) in [4.78, 5) is 12.5. The minimum atomic E-state index is -0.518. The third-order valence-corrected chi connectivity index (χ3v) is 6.46. The lowest BCUT2D eigenvalue weighted by molar-refractivity contribution is 0.0450. The Labute approximate surface area is 179 Å². The molecule has 7 heteroatoms. The van der Waals surface area contributed by atoms with Crippen molar-refractivity contribution in [1.82, 2.24) is 19.8 Å². The van der Waals surface area contributed by atoms with Gasteiger partial charge in [0.15, 0.2) is 0 Å². The van der Waals surface area contributed by atoms with Crippen LogP contribution < -0.4 is 4.74 Å². The maximum Gasteiger partial charge on any atom is 0.129 e. The van der Waals surface area contributed by atoms with Crippen LogP contribution >= 0.6 is 11.3 Å². The number of aliphatic hydroxyl groups is 1. The summed E-state index contributed by atoms with van der Waals surface area (Å²) in [7, 11) is 0. The Bertz CT molecular complexity index is 1100. The summed E-state index contributed by atoms with van der Waals surface area (Å²) >= 11 is 1.71. The molecule has 30 heavy (non-hydrogen) atoms. The molecule has 1 atom stereocenters. The van der Waals surface area contributed by atoms with Crippen molar-refractivity contribution < 1.29 is 9.84 Å². The number of ether oxygens (including phenoxy) is 1. The van der Waals surface area contributed by atoms with Crippen LogP contribution in [0.4, 0.5) is 0 Å². The first kappa shape index (κ1) is 19.5. The quantitative estimate of drug-likeness (QED) is 0.478. The summed E-state index contributed by atoms with van der Waals surface area (Å²) in [6.07, 6.45) is 1.35. The number of nitrogens with zero attached hydrogens (tertiary/aromatic N) is 3. The molecule has 5 rings (SSSR count). The van der Waals surface area contributed by atoms with Crippen LogP contribution in [0.5, 0.6) is 5.75 Å². The van der Waals surface area contributed by atoms with Crippen molar-refractivity contribution in [2.75, 3.05) is 39.3 Å². The number of aromatic amines is 1. The van der Waals surface area contributed by atoms with E-state index in [4.69, 9.17) is 4.74 Å². The van der Waals surface area contributed by atoms with Crippen LogP contribution in [-0.2, 0) is 6.54 Å². The number of hydrogen-bond acceptors (Lipinski definition) is 6. The largest absolute Gasteiger partial charge is 0.490 e. The van der Waals surface area contributed by atoms with Gasteiger partial charge >= 0.3 is 0 Å². The van der Waals surface area contributed by atoms with Crippen LogP contribution in [0.1, 0.15) is 5.01 Å². The molecule has 0 spiro atoms. The van der Waals surface area contributed by atoms with E-state index in [2.05, 4.69) is 38.0 Å². The molecule has 1 fully saturated rings. The Morgan fingerprint density at radius 3 is 2.67 bits per heavy atom. The van der Waals surface area contributed by atoms with E-state index in [0.29, 0.717) is 6.54 Å². The fourth-order valence-electron chi connectivity index (χ4n) is 4.18. The molecule has 4 aromatic rings. The lowest BCUT2D eigenvalue weighted by atomic mass is 10.1. The lowest BCUT2D eigenvalue weighted by Gasteiger charge is -2.35. The molecule has 0 amide bonds. The van der Waals surface area contributed by atoms with Gasteiger partial charge in [0.1, 0.15) is 23.5 Å². The maximum absolute atomic E-state index is 10.6. The number of aromatic nitrogens is 2. The van der Waals surface area contributed by atoms with E-state index in [1.165, 1.54) is 5.01 Å². The molecule has 0 bridgehead atoms. The molecule has 6 nitrogen and oxygen atoms in total. The highest BCUT2D eigenvalue weighted by Gasteiger charge is 2.20. The Morgan fingerprint density at radius 2 is 1.83 bits per heavy atom. The number of H-pyrrole nitrogens is 1. The van der Waals surface area contributed by atoms with E-state index in [-0.39, 0.29) is 6.61 Å². The van der Waals surface area contributed by atoms with Gasteiger partial charge in [0.25, 0.3) is 0 Å². The van der Waals surface area contributed by atoms with Gasteiger partial charge < -0.3 is 14.8 Å². The van der Waals surface area contributed by atoms with Gasteiger partial charge in [-0.25, -0.2) is 4.98 Å². The van der Waals surface area contributed by atoms with Crippen molar-refractivity contribution in [2.24, 2.45) is 0 Å². The number of aliphatic hydroxyl groups excluding tert-OH is 1. The fourth-order valence-corrected chi connectivity index (χ4v) is 4.84. The molecule has 1 unspecified atom stereocenters. The summed E-state index contributed by atoms with van der Waals surface area (Å²) in [5.74, 6) is 0.817. The first-order valence-corrected chi connectivity index (χ1v) is 11.3. The zero-order valence-corrected chi connectivity index (χ0v) is 17.6. The van der Waals surface area contributed by atoms with Gasteiger partial charge in [-0.2, -0.15) is 0 Å². The van der Waals surface area contributed by atoms with E-state index in [0.717, 1.165) is 60.3 Å². The molecule has 156 valence electrons. The fraction of sp³-hybridized carbons (Fsp3) is 0.348. The van der Waals surface area contributed by atoms with Gasteiger partial charge in [-0.3, -0.25) is 9.80 Å². The molecule has 0 radical (unpaired) electrons. The van der Waals surface area contributed by atoms with Crippen molar-refractivity contribution in [3.8, 4) is 5.75 Å². The normalized spacial score (nSPS) is 17.0. The van der Waals surface area contributed by atoms with Gasteiger partial charge in [-0.15, -0.1) is 11.3 Å². The van der Waals surface area contributed by atoms with E-state index in [1.54, 1.807) is 11.3 Å². The number of rotatable bonds is 7. The topological polar surface area (TPSA) is 64.6 Å². The minimum absolute atomic E-state index is 0.290. The van der Waals surface area contributed by atoms with Crippen LogP contribution in [0.2, 0.25) is 0 Å². The maximum atomic E-state index is 10.6. The molecular weight excluding hydrogens is 396 g/mol. The predicted octanol–water partition coefficient (Wildman–Crippen LogP) is 3.34. The number of benzene rings is 2. The Balaban J connectivity index is 1.16. The van der Waals surface area contributed by atoms with E-state index < -0.39 is 6.10 Å². The highest BCUT2D eigenvalue weighted by Crippen LogP contribution is 2.33. The van der Waals surface area contributed by atoms with Crippen molar-refractivity contribution in [3.05, 3.63) is 59.0 Å². The highest BCUT2D eigenvalue weighted by molar-refractivity contribution is 7.09. The summed E-state index contributed by atoms with van der Waals surface area (Å²) < 4.78 is 6.07. The first-order valence-electron chi connectivity index (χ1n) is 10.4. The number of thiazole rings is 1. The van der Waals surface area contributed by atoms with Crippen molar-refractivity contribution in [1.29, 1.82) is 0 Å². The molecule has 1 aliphatic heterocycles. The summed E-state index contributed by atoms with van der Waals surface area (Å²) in [5, 5.41) is 16.0. The molecular formula is C23H26N4O2S. The van der Waals surface area contributed by atoms with Crippen LogP contribution in [0, 0.1) is 0 Å².